The maximum Gasteiger partial charge on any atom is 0.0611 e. The Labute approximate surface area is 100 Å². The highest BCUT2D eigenvalue weighted by atomic mass is 16.3. The monoisotopic (exact) mass is 228 g/mol. The van der Waals surface area contributed by atoms with E-state index < -0.39 is 0 Å². The van der Waals surface area contributed by atoms with E-state index in [1.165, 1.54) is 19.5 Å². The zero-order valence-corrected chi connectivity index (χ0v) is 11.3. The third kappa shape index (κ3) is 3.72. The van der Waals surface area contributed by atoms with Crippen LogP contribution in [0, 0.1) is 5.92 Å². The van der Waals surface area contributed by atoms with Gasteiger partial charge in [-0.25, -0.2) is 0 Å². The van der Waals surface area contributed by atoms with Crippen molar-refractivity contribution in [1.82, 2.24) is 10.2 Å². The van der Waals surface area contributed by atoms with Crippen LogP contribution in [-0.2, 0) is 0 Å². The summed E-state index contributed by atoms with van der Waals surface area (Å²) in [5.41, 5.74) is -0.125. The van der Waals surface area contributed by atoms with Crippen LogP contribution in [0.2, 0.25) is 0 Å². The van der Waals surface area contributed by atoms with Crippen molar-refractivity contribution in [2.75, 3.05) is 26.2 Å². The van der Waals surface area contributed by atoms with Gasteiger partial charge in [0, 0.05) is 18.1 Å². The number of hydrogen-bond acceptors (Lipinski definition) is 3. The quantitative estimate of drug-likeness (QED) is 0.722. The highest BCUT2D eigenvalue weighted by Gasteiger charge is 2.30. The Balaban J connectivity index is 2.45. The molecule has 0 amide bonds. The zero-order chi connectivity index (χ0) is 12.2. The first-order chi connectivity index (χ1) is 7.50. The van der Waals surface area contributed by atoms with E-state index in [0.29, 0.717) is 6.04 Å². The summed E-state index contributed by atoms with van der Waals surface area (Å²) in [5.74, 6) is 0.835. The molecule has 1 saturated heterocycles. The summed E-state index contributed by atoms with van der Waals surface area (Å²) in [7, 11) is 0. The average Bonchev–Trinajstić information content (AvgIpc) is 2.65. The second-order valence-electron chi connectivity index (χ2n) is 5.69. The Kier molecular flexibility index (Phi) is 5.22. The largest absolute Gasteiger partial charge is 0.394 e. The maximum absolute atomic E-state index is 9.48. The lowest BCUT2D eigenvalue weighted by molar-refractivity contribution is 0.126. The fourth-order valence-electron chi connectivity index (χ4n) is 2.77. The second-order valence-corrected chi connectivity index (χ2v) is 5.69. The summed E-state index contributed by atoms with van der Waals surface area (Å²) in [6.45, 7) is 12.4. The Morgan fingerprint density at radius 3 is 2.69 bits per heavy atom. The SMILES string of the molecule is CCNC(C)(CO)CC(C)N1CCC(C)C1. The summed E-state index contributed by atoms with van der Waals surface area (Å²) in [4.78, 5) is 2.55. The van der Waals surface area contributed by atoms with Crippen molar-refractivity contribution in [1.29, 1.82) is 0 Å². The molecule has 0 saturated carbocycles. The molecule has 1 rings (SSSR count). The first-order valence-corrected chi connectivity index (χ1v) is 6.60. The van der Waals surface area contributed by atoms with Crippen LogP contribution < -0.4 is 5.32 Å². The van der Waals surface area contributed by atoms with Crippen molar-refractivity contribution >= 4 is 0 Å². The number of hydrogen-bond donors (Lipinski definition) is 2. The van der Waals surface area contributed by atoms with Crippen molar-refractivity contribution in [2.45, 2.75) is 52.1 Å². The van der Waals surface area contributed by atoms with E-state index in [2.05, 4.69) is 37.9 Å². The molecule has 0 aromatic rings. The van der Waals surface area contributed by atoms with Gasteiger partial charge in [-0.05, 0) is 45.7 Å². The van der Waals surface area contributed by atoms with Crippen LogP contribution in [0.15, 0.2) is 0 Å². The fraction of sp³-hybridized carbons (Fsp3) is 1.00. The molecule has 1 heterocycles. The molecule has 3 nitrogen and oxygen atoms in total. The molecule has 1 fully saturated rings. The van der Waals surface area contributed by atoms with E-state index in [1.54, 1.807) is 0 Å². The van der Waals surface area contributed by atoms with Gasteiger partial charge in [0.25, 0.3) is 0 Å². The van der Waals surface area contributed by atoms with Crippen molar-refractivity contribution in [3.05, 3.63) is 0 Å². The summed E-state index contributed by atoms with van der Waals surface area (Å²) in [5, 5.41) is 12.9. The molecule has 0 aromatic heterocycles. The van der Waals surface area contributed by atoms with E-state index in [1.807, 2.05) is 0 Å². The van der Waals surface area contributed by atoms with Gasteiger partial charge in [-0.3, -0.25) is 0 Å². The fourth-order valence-corrected chi connectivity index (χ4v) is 2.77. The molecule has 0 aliphatic carbocycles. The summed E-state index contributed by atoms with van der Waals surface area (Å²) >= 11 is 0. The third-order valence-electron chi connectivity index (χ3n) is 3.78. The number of aliphatic hydroxyl groups excluding tert-OH is 1. The van der Waals surface area contributed by atoms with Gasteiger partial charge in [-0.1, -0.05) is 13.8 Å². The zero-order valence-electron chi connectivity index (χ0n) is 11.3. The minimum atomic E-state index is -0.125. The maximum atomic E-state index is 9.48. The lowest BCUT2D eigenvalue weighted by Crippen LogP contribution is -2.50. The standard InChI is InChI=1S/C13H28N2O/c1-5-14-13(4,10-16)8-12(3)15-7-6-11(2)9-15/h11-12,14,16H,5-10H2,1-4H3. The Morgan fingerprint density at radius 1 is 1.56 bits per heavy atom. The van der Waals surface area contributed by atoms with Gasteiger partial charge in [0.2, 0.25) is 0 Å². The molecular formula is C13H28N2O. The predicted octanol–water partition coefficient (Wildman–Crippen LogP) is 1.47. The first kappa shape index (κ1) is 13.9. The summed E-state index contributed by atoms with van der Waals surface area (Å²) < 4.78 is 0. The first-order valence-electron chi connectivity index (χ1n) is 6.60. The van der Waals surface area contributed by atoms with Crippen molar-refractivity contribution in [3.8, 4) is 0 Å². The van der Waals surface area contributed by atoms with E-state index >= 15 is 0 Å². The van der Waals surface area contributed by atoms with Crippen molar-refractivity contribution < 1.29 is 5.11 Å². The molecule has 0 bridgehead atoms. The van der Waals surface area contributed by atoms with E-state index in [-0.39, 0.29) is 12.1 Å². The Bertz CT molecular complexity index is 210. The van der Waals surface area contributed by atoms with E-state index in [4.69, 9.17) is 0 Å². The van der Waals surface area contributed by atoms with Crippen LogP contribution in [0.5, 0.6) is 0 Å². The van der Waals surface area contributed by atoms with Crippen LogP contribution in [0.4, 0.5) is 0 Å². The van der Waals surface area contributed by atoms with Crippen LogP contribution in [0.25, 0.3) is 0 Å². The van der Waals surface area contributed by atoms with Gasteiger partial charge in [-0.15, -0.1) is 0 Å². The molecule has 96 valence electrons. The Hall–Kier alpha value is -0.120. The van der Waals surface area contributed by atoms with Crippen LogP contribution in [0.3, 0.4) is 0 Å². The van der Waals surface area contributed by atoms with E-state index in [0.717, 1.165) is 18.9 Å². The van der Waals surface area contributed by atoms with Gasteiger partial charge >= 0.3 is 0 Å². The number of aliphatic hydroxyl groups is 1. The van der Waals surface area contributed by atoms with Gasteiger partial charge in [0.05, 0.1) is 6.61 Å². The second kappa shape index (κ2) is 5.99. The number of nitrogens with zero attached hydrogens (tertiary/aromatic N) is 1. The predicted molar refractivity (Wildman–Crippen MR) is 68.6 cm³/mol. The van der Waals surface area contributed by atoms with Crippen LogP contribution >= 0.6 is 0 Å². The molecule has 1 aliphatic heterocycles. The lowest BCUT2D eigenvalue weighted by Gasteiger charge is -2.35. The average molecular weight is 228 g/mol. The lowest BCUT2D eigenvalue weighted by atomic mass is 9.94. The number of likely N-dealkylation sites (N-methyl/N-ethyl adjacent to an activating group) is 1. The molecule has 3 unspecified atom stereocenters. The van der Waals surface area contributed by atoms with Gasteiger partial charge in [-0.2, -0.15) is 0 Å². The molecule has 2 N–H and O–H groups in total. The van der Waals surface area contributed by atoms with Crippen LogP contribution in [-0.4, -0.2) is 47.8 Å². The number of likely N-dealkylation sites (tertiary alicyclic amines) is 1. The number of rotatable bonds is 6. The number of nitrogens with one attached hydrogen (secondary N) is 1. The Morgan fingerprint density at radius 2 is 2.25 bits per heavy atom. The molecule has 0 aromatic carbocycles. The summed E-state index contributed by atoms with van der Waals surface area (Å²) in [6.07, 6.45) is 2.34. The van der Waals surface area contributed by atoms with E-state index in [9.17, 15) is 5.11 Å². The molecule has 0 radical (unpaired) electrons. The van der Waals surface area contributed by atoms with Crippen molar-refractivity contribution in [3.63, 3.8) is 0 Å². The topological polar surface area (TPSA) is 35.5 Å². The molecule has 16 heavy (non-hydrogen) atoms. The highest BCUT2D eigenvalue weighted by Crippen LogP contribution is 2.22. The molecule has 3 heteroatoms. The highest BCUT2D eigenvalue weighted by molar-refractivity contribution is 4.88. The molecule has 3 atom stereocenters. The van der Waals surface area contributed by atoms with Crippen molar-refractivity contribution in [2.24, 2.45) is 5.92 Å². The molecule has 0 spiro atoms. The van der Waals surface area contributed by atoms with Crippen LogP contribution in [0.1, 0.15) is 40.5 Å². The van der Waals surface area contributed by atoms with Gasteiger partial charge in [0.15, 0.2) is 0 Å². The minimum absolute atomic E-state index is 0.125. The van der Waals surface area contributed by atoms with Gasteiger partial charge < -0.3 is 15.3 Å². The molecular weight excluding hydrogens is 200 g/mol. The third-order valence-corrected chi connectivity index (χ3v) is 3.78. The van der Waals surface area contributed by atoms with Gasteiger partial charge in [0.1, 0.15) is 0 Å². The summed E-state index contributed by atoms with van der Waals surface area (Å²) in [6, 6.07) is 0.557. The molecule has 1 aliphatic rings. The smallest absolute Gasteiger partial charge is 0.0611 e. The normalized spacial score (nSPS) is 27.9. The minimum Gasteiger partial charge on any atom is -0.394 e.